The molecule has 1 amide bonds. The Bertz CT molecular complexity index is 1430. The summed E-state index contributed by atoms with van der Waals surface area (Å²) in [6.45, 7) is 0. The first-order chi connectivity index (χ1) is 14.1. The fraction of sp³-hybridized carbons (Fsp3) is 0.0500. The highest BCUT2D eigenvalue weighted by atomic mass is 16.4. The molecule has 5 rings (SSSR count). The van der Waals surface area contributed by atoms with Crippen LogP contribution >= 0.6 is 0 Å². The molecule has 1 N–H and O–H groups in total. The first-order valence-corrected chi connectivity index (χ1v) is 8.77. The van der Waals surface area contributed by atoms with Crippen LogP contribution in [-0.4, -0.2) is 30.1 Å². The van der Waals surface area contributed by atoms with E-state index in [4.69, 9.17) is 4.42 Å². The largest absolute Gasteiger partial charge is 0.419 e. The lowest BCUT2D eigenvalue weighted by atomic mass is 10.1. The Kier molecular flexibility index (Phi) is 3.73. The summed E-state index contributed by atoms with van der Waals surface area (Å²) in [6, 6.07) is 13.9. The minimum absolute atomic E-state index is 0.267. The number of benzene rings is 2. The molecule has 3 aromatic heterocycles. The maximum atomic E-state index is 12.6. The molecule has 9 nitrogen and oxygen atoms in total. The van der Waals surface area contributed by atoms with E-state index in [9.17, 15) is 9.59 Å². The van der Waals surface area contributed by atoms with Gasteiger partial charge in [0.05, 0.1) is 5.52 Å². The Labute approximate surface area is 163 Å². The van der Waals surface area contributed by atoms with E-state index < -0.39 is 5.76 Å². The van der Waals surface area contributed by atoms with Gasteiger partial charge in [-0.1, -0.05) is 12.1 Å². The number of aryl methyl sites for hydroxylation is 1. The van der Waals surface area contributed by atoms with Gasteiger partial charge in [0, 0.05) is 36.3 Å². The van der Waals surface area contributed by atoms with Gasteiger partial charge in [-0.2, -0.15) is 0 Å². The predicted octanol–water partition coefficient (Wildman–Crippen LogP) is 2.49. The topological polar surface area (TPSA) is 107 Å². The van der Waals surface area contributed by atoms with Crippen molar-refractivity contribution in [2.45, 2.75) is 0 Å². The summed E-state index contributed by atoms with van der Waals surface area (Å²) < 4.78 is 8.26. The van der Waals surface area contributed by atoms with E-state index in [0.29, 0.717) is 34.0 Å². The van der Waals surface area contributed by atoms with Crippen molar-refractivity contribution in [2.24, 2.45) is 7.05 Å². The van der Waals surface area contributed by atoms with E-state index in [-0.39, 0.29) is 5.91 Å². The van der Waals surface area contributed by atoms with E-state index in [2.05, 4.69) is 20.5 Å². The van der Waals surface area contributed by atoms with Gasteiger partial charge in [0.1, 0.15) is 0 Å². The minimum Gasteiger partial charge on any atom is -0.408 e. The lowest BCUT2D eigenvalue weighted by Gasteiger charge is -2.06. The van der Waals surface area contributed by atoms with Gasteiger partial charge in [0.15, 0.2) is 11.4 Å². The molecule has 142 valence electrons. The molecule has 0 saturated carbocycles. The average molecular weight is 386 g/mol. The second-order valence-corrected chi connectivity index (χ2v) is 6.45. The van der Waals surface area contributed by atoms with Crippen molar-refractivity contribution < 1.29 is 9.21 Å². The van der Waals surface area contributed by atoms with E-state index in [1.165, 1.54) is 4.57 Å². The number of fused-ring (bicyclic) bond motifs is 2. The van der Waals surface area contributed by atoms with Crippen molar-refractivity contribution >= 4 is 28.5 Å². The van der Waals surface area contributed by atoms with Crippen molar-refractivity contribution in [3.05, 3.63) is 77.0 Å². The Morgan fingerprint density at radius 2 is 1.93 bits per heavy atom. The highest BCUT2D eigenvalue weighted by Crippen LogP contribution is 2.21. The van der Waals surface area contributed by atoms with Gasteiger partial charge in [0.25, 0.3) is 11.7 Å². The zero-order valence-corrected chi connectivity index (χ0v) is 15.2. The van der Waals surface area contributed by atoms with Crippen LogP contribution in [0.1, 0.15) is 10.4 Å². The molecule has 3 heterocycles. The smallest absolute Gasteiger partial charge is 0.408 e. The number of amides is 1. The van der Waals surface area contributed by atoms with Crippen LogP contribution in [-0.2, 0) is 7.05 Å². The Balaban J connectivity index is 1.40. The summed E-state index contributed by atoms with van der Waals surface area (Å²) in [7, 11) is 1.61. The van der Waals surface area contributed by atoms with Crippen molar-refractivity contribution in [1.82, 2.24) is 24.1 Å². The summed E-state index contributed by atoms with van der Waals surface area (Å²) in [4.78, 5) is 28.3. The summed E-state index contributed by atoms with van der Waals surface area (Å²) in [5.74, 6) is 0.437. The molecule has 2 aromatic carbocycles. The van der Waals surface area contributed by atoms with Gasteiger partial charge >= 0.3 is 5.76 Å². The number of nitrogens with one attached hydrogen (secondary N) is 1. The molecule has 0 aliphatic heterocycles. The Hall–Kier alpha value is -4.27. The molecule has 0 fully saturated rings. The minimum atomic E-state index is -0.449. The van der Waals surface area contributed by atoms with Crippen LogP contribution in [0.25, 0.3) is 28.3 Å². The predicted molar refractivity (Wildman–Crippen MR) is 106 cm³/mol. The summed E-state index contributed by atoms with van der Waals surface area (Å²) >= 11 is 0. The lowest BCUT2D eigenvalue weighted by molar-refractivity contribution is 0.102. The second kappa shape index (κ2) is 6.41. The van der Waals surface area contributed by atoms with Gasteiger partial charge in [0.2, 0.25) is 0 Å². The molecular formula is C20H14N6O3. The number of hydrogen-bond acceptors (Lipinski definition) is 6. The third kappa shape index (κ3) is 2.85. The second-order valence-electron chi connectivity index (χ2n) is 6.45. The monoisotopic (exact) mass is 386 g/mol. The van der Waals surface area contributed by atoms with Gasteiger partial charge in [-0.05, 0) is 36.4 Å². The van der Waals surface area contributed by atoms with Crippen LogP contribution in [0.15, 0.2) is 70.1 Å². The number of aromatic nitrogens is 5. The number of rotatable bonds is 3. The fourth-order valence-electron chi connectivity index (χ4n) is 3.12. The number of carbonyl (C=O) groups excluding carboxylic acids is 1. The zero-order valence-electron chi connectivity index (χ0n) is 15.2. The summed E-state index contributed by atoms with van der Waals surface area (Å²) in [5, 5.41) is 11.0. The standard InChI is InChI=1S/C20H14N6O3/c1-25-15-11-14(7-8-16(15)29-20(25)28)22-18(27)13-5-3-12(4-6-13)17-23-24-19-21-9-2-10-26(17)19/h2-11H,1H3,(H,22,27). The maximum absolute atomic E-state index is 12.6. The molecule has 5 aromatic rings. The van der Waals surface area contributed by atoms with Crippen LogP contribution in [0.4, 0.5) is 5.69 Å². The number of nitrogens with zero attached hydrogens (tertiary/aromatic N) is 5. The Morgan fingerprint density at radius 3 is 2.76 bits per heavy atom. The molecule has 0 radical (unpaired) electrons. The SMILES string of the molecule is Cn1c(=O)oc2ccc(NC(=O)c3ccc(-c4nnc5ncccn45)cc3)cc21. The average Bonchev–Trinajstić information content (AvgIpc) is 3.29. The molecule has 0 atom stereocenters. The normalized spacial score (nSPS) is 11.2. The molecule has 0 spiro atoms. The molecule has 0 aliphatic carbocycles. The summed E-state index contributed by atoms with van der Waals surface area (Å²) in [6.07, 6.45) is 3.48. The number of carbonyl (C=O) groups is 1. The van der Waals surface area contributed by atoms with E-state index in [0.717, 1.165) is 5.56 Å². The van der Waals surface area contributed by atoms with Crippen LogP contribution in [0.3, 0.4) is 0 Å². The molecule has 0 aliphatic rings. The highest BCUT2D eigenvalue weighted by Gasteiger charge is 2.12. The van der Waals surface area contributed by atoms with Crippen molar-refractivity contribution in [1.29, 1.82) is 0 Å². The summed E-state index contributed by atoms with van der Waals surface area (Å²) in [5.41, 5.74) is 2.95. The number of hydrogen-bond donors (Lipinski definition) is 1. The van der Waals surface area contributed by atoms with Crippen molar-refractivity contribution in [3.8, 4) is 11.4 Å². The molecule has 9 heteroatoms. The molecule has 0 unspecified atom stereocenters. The molecule has 0 saturated heterocycles. The van der Waals surface area contributed by atoms with E-state index >= 15 is 0 Å². The first kappa shape index (κ1) is 16.9. The fourth-order valence-corrected chi connectivity index (χ4v) is 3.12. The van der Waals surface area contributed by atoms with Crippen LogP contribution in [0.2, 0.25) is 0 Å². The van der Waals surface area contributed by atoms with Gasteiger partial charge in [-0.15, -0.1) is 10.2 Å². The van der Waals surface area contributed by atoms with Crippen LogP contribution in [0, 0.1) is 0 Å². The molecular weight excluding hydrogens is 372 g/mol. The Morgan fingerprint density at radius 1 is 1.10 bits per heavy atom. The van der Waals surface area contributed by atoms with Gasteiger partial charge < -0.3 is 9.73 Å². The molecule has 29 heavy (non-hydrogen) atoms. The van der Waals surface area contributed by atoms with E-state index in [1.54, 1.807) is 66.2 Å². The third-order valence-corrected chi connectivity index (χ3v) is 4.64. The van der Waals surface area contributed by atoms with Gasteiger partial charge in [-0.3, -0.25) is 13.8 Å². The molecule has 0 bridgehead atoms. The van der Waals surface area contributed by atoms with Gasteiger partial charge in [-0.25, -0.2) is 9.78 Å². The maximum Gasteiger partial charge on any atom is 0.419 e. The van der Waals surface area contributed by atoms with Crippen LogP contribution in [0.5, 0.6) is 0 Å². The third-order valence-electron chi connectivity index (χ3n) is 4.64. The lowest BCUT2D eigenvalue weighted by Crippen LogP contribution is -2.12. The first-order valence-electron chi connectivity index (χ1n) is 8.77. The van der Waals surface area contributed by atoms with Crippen molar-refractivity contribution in [3.63, 3.8) is 0 Å². The van der Waals surface area contributed by atoms with Crippen LogP contribution < -0.4 is 11.1 Å². The van der Waals surface area contributed by atoms with Crippen molar-refractivity contribution in [2.75, 3.05) is 5.32 Å². The quantitative estimate of drug-likeness (QED) is 0.510. The number of oxazole rings is 1. The zero-order chi connectivity index (χ0) is 20.0. The number of anilines is 1. The van der Waals surface area contributed by atoms with E-state index in [1.807, 2.05) is 6.20 Å². The highest BCUT2D eigenvalue weighted by molar-refractivity contribution is 6.05.